The van der Waals surface area contributed by atoms with E-state index in [1.807, 2.05) is 0 Å². The van der Waals surface area contributed by atoms with Gasteiger partial charge in [-0.15, -0.1) is 11.3 Å². The van der Waals surface area contributed by atoms with E-state index in [9.17, 15) is 0 Å². The molecular weight excluding hydrogens is 254 g/mol. The highest BCUT2D eigenvalue weighted by atomic mass is 32.1. The zero-order valence-corrected chi connectivity index (χ0v) is 12.7. The average Bonchev–Trinajstić information content (AvgIpc) is 2.75. The Morgan fingerprint density at radius 2 is 2.16 bits per heavy atom. The number of anilines is 1. The number of nitrogens with one attached hydrogen (secondary N) is 1. The summed E-state index contributed by atoms with van der Waals surface area (Å²) >= 11 is 1.74. The number of hydrogen-bond acceptors (Lipinski definition) is 4. The lowest BCUT2D eigenvalue weighted by molar-refractivity contribution is 0.217. The number of thiophene rings is 1. The first-order valence-corrected chi connectivity index (χ1v) is 7.91. The van der Waals surface area contributed by atoms with Crippen LogP contribution in [0.4, 0.5) is 5.82 Å². The van der Waals surface area contributed by atoms with Crippen molar-refractivity contribution in [2.24, 2.45) is 5.41 Å². The van der Waals surface area contributed by atoms with E-state index in [0.717, 1.165) is 11.3 Å². The first-order chi connectivity index (χ1) is 9.08. The van der Waals surface area contributed by atoms with Crippen LogP contribution in [0.2, 0.25) is 0 Å². The second-order valence-corrected chi connectivity index (χ2v) is 7.13. The molecule has 0 saturated heterocycles. The van der Waals surface area contributed by atoms with Crippen molar-refractivity contribution < 1.29 is 0 Å². The van der Waals surface area contributed by atoms with Gasteiger partial charge in [-0.25, -0.2) is 9.97 Å². The summed E-state index contributed by atoms with van der Waals surface area (Å²) in [6, 6.07) is 0.516. The first kappa shape index (κ1) is 12.9. The lowest BCUT2D eigenvalue weighted by atomic mass is 9.73. The van der Waals surface area contributed by atoms with Crippen molar-refractivity contribution in [1.82, 2.24) is 9.97 Å². The molecule has 1 fully saturated rings. The molecule has 1 unspecified atom stereocenters. The molecule has 4 heteroatoms. The molecule has 0 radical (unpaired) electrons. The summed E-state index contributed by atoms with van der Waals surface area (Å²) in [5.41, 5.74) is 2.69. The van der Waals surface area contributed by atoms with Crippen molar-refractivity contribution in [2.75, 3.05) is 5.32 Å². The van der Waals surface area contributed by atoms with Crippen molar-refractivity contribution in [3.63, 3.8) is 0 Å². The van der Waals surface area contributed by atoms with Crippen LogP contribution in [0.3, 0.4) is 0 Å². The van der Waals surface area contributed by atoms with Gasteiger partial charge < -0.3 is 5.32 Å². The molecule has 0 aliphatic heterocycles. The molecule has 19 heavy (non-hydrogen) atoms. The molecule has 3 nitrogen and oxygen atoms in total. The van der Waals surface area contributed by atoms with Crippen LogP contribution in [0.5, 0.6) is 0 Å². The fraction of sp³-hybridized carbons (Fsp3) is 0.600. The maximum Gasteiger partial charge on any atom is 0.147 e. The number of rotatable bonds is 2. The fourth-order valence-corrected chi connectivity index (χ4v) is 3.95. The predicted octanol–water partition coefficient (Wildman–Crippen LogP) is 4.38. The van der Waals surface area contributed by atoms with Crippen LogP contribution >= 0.6 is 11.3 Å². The molecule has 1 atom stereocenters. The molecular formula is C15H21N3S. The Morgan fingerprint density at radius 1 is 1.32 bits per heavy atom. The van der Waals surface area contributed by atoms with Gasteiger partial charge in [-0.3, -0.25) is 0 Å². The highest BCUT2D eigenvalue weighted by Gasteiger charge is 2.32. The van der Waals surface area contributed by atoms with Gasteiger partial charge in [0.15, 0.2) is 0 Å². The van der Waals surface area contributed by atoms with Gasteiger partial charge >= 0.3 is 0 Å². The van der Waals surface area contributed by atoms with Gasteiger partial charge in [0.2, 0.25) is 0 Å². The topological polar surface area (TPSA) is 37.8 Å². The van der Waals surface area contributed by atoms with E-state index in [0.29, 0.717) is 11.5 Å². The molecule has 3 rings (SSSR count). The van der Waals surface area contributed by atoms with E-state index in [1.54, 1.807) is 17.7 Å². The molecule has 2 aromatic rings. The van der Waals surface area contributed by atoms with E-state index in [2.05, 4.69) is 41.4 Å². The zero-order valence-electron chi connectivity index (χ0n) is 11.9. The van der Waals surface area contributed by atoms with Crippen LogP contribution in [0.1, 0.15) is 45.1 Å². The molecule has 102 valence electrons. The summed E-state index contributed by atoms with van der Waals surface area (Å²) in [5, 5.41) is 5.85. The molecule has 1 aliphatic carbocycles. The highest BCUT2D eigenvalue weighted by Crippen LogP contribution is 2.38. The number of aryl methyl sites for hydroxylation is 1. The van der Waals surface area contributed by atoms with Gasteiger partial charge in [-0.05, 0) is 36.1 Å². The van der Waals surface area contributed by atoms with Crippen LogP contribution < -0.4 is 5.32 Å². The number of fused-ring (bicyclic) bond motifs is 1. The van der Waals surface area contributed by atoms with E-state index in [1.165, 1.54) is 35.9 Å². The summed E-state index contributed by atoms with van der Waals surface area (Å²) in [6.07, 6.45) is 6.88. The maximum absolute atomic E-state index is 4.47. The zero-order chi connectivity index (χ0) is 13.5. The largest absolute Gasteiger partial charge is 0.366 e. The summed E-state index contributed by atoms with van der Waals surface area (Å²) in [6.45, 7) is 6.84. The molecule has 2 heterocycles. The number of hydrogen-bond donors (Lipinski definition) is 1. The summed E-state index contributed by atoms with van der Waals surface area (Å²) in [5.74, 6) is 1.02. The molecule has 0 amide bonds. The standard InChI is InChI=1S/C15H21N3S/c1-10-8-19-13-12(10)16-9-17-14(13)18-11-6-4-5-7-15(11,2)3/h8-9,11H,4-7H2,1-3H3,(H,16,17,18). The average molecular weight is 275 g/mol. The summed E-state index contributed by atoms with van der Waals surface area (Å²) in [4.78, 5) is 8.86. The molecule has 1 saturated carbocycles. The summed E-state index contributed by atoms with van der Waals surface area (Å²) < 4.78 is 1.20. The second-order valence-electron chi connectivity index (χ2n) is 6.25. The Bertz CT molecular complexity index is 588. The van der Waals surface area contributed by atoms with Crippen LogP contribution in [0.25, 0.3) is 10.2 Å². The monoisotopic (exact) mass is 275 g/mol. The minimum atomic E-state index is 0.349. The van der Waals surface area contributed by atoms with E-state index >= 15 is 0 Å². The third-order valence-electron chi connectivity index (χ3n) is 4.35. The van der Waals surface area contributed by atoms with Gasteiger partial charge in [0.1, 0.15) is 12.1 Å². The molecule has 2 aromatic heterocycles. The first-order valence-electron chi connectivity index (χ1n) is 7.03. The normalized spacial score (nSPS) is 22.6. The minimum absolute atomic E-state index is 0.349. The SMILES string of the molecule is Cc1csc2c(NC3CCCCC3(C)C)ncnc12. The minimum Gasteiger partial charge on any atom is -0.366 e. The van der Waals surface area contributed by atoms with E-state index < -0.39 is 0 Å². The third kappa shape index (κ3) is 2.34. The molecule has 0 spiro atoms. The number of aromatic nitrogens is 2. The predicted molar refractivity (Wildman–Crippen MR) is 81.8 cm³/mol. The summed E-state index contributed by atoms with van der Waals surface area (Å²) in [7, 11) is 0. The lowest BCUT2D eigenvalue weighted by Gasteiger charge is -2.39. The Labute approximate surface area is 118 Å². The number of nitrogens with zero attached hydrogens (tertiary/aromatic N) is 2. The lowest BCUT2D eigenvalue weighted by Crippen LogP contribution is -2.39. The second kappa shape index (κ2) is 4.75. The Morgan fingerprint density at radius 3 is 2.95 bits per heavy atom. The van der Waals surface area contributed by atoms with Crippen LogP contribution in [0.15, 0.2) is 11.7 Å². The third-order valence-corrected chi connectivity index (χ3v) is 5.44. The molecule has 0 aromatic carbocycles. The van der Waals surface area contributed by atoms with Crippen molar-refractivity contribution in [1.29, 1.82) is 0 Å². The molecule has 1 aliphatic rings. The van der Waals surface area contributed by atoms with Gasteiger partial charge in [0.05, 0.1) is 10.2 Å². The van der Waals surface area contributed by atoms with Gasteiger partial charge in [-0.2, -0.15) is 0 Å². The van der Waals surface area contributed by atoms with Crippen molar-refractivity contribution in [3.05, 3.63) is 17.3 Å². The maximum atomic E-state index is 4.47. The van der Waals surface area contributed by atoms with Crippen molar-refractivity contribution in [3.8, 4) is 0 Å². The fourth-order valence-electron chi connectivity index (χ4n) is 3.00. The smallest absolute Gasteiger partial charge is 0.147 e. The molecule has 1 N–H and O–H groups in total. The highest BCUT2D eigenvalue weighted by molar-refractivity contribution is 7.18. The molecule has 0 bridgehead atoms. The Kier molecular flexibility index (Phi) is 3.21. The van der Waals surface area contributed by atoms with Crippen LogP contribution in [0, 0.1) is 12.3 Å². The van der Waals surface area contributed by atoms with Gasteiger partial charge in [-0.1, -0.05) is 26.7 Å². The Balaban J connectivity index is 1.93. The van der Waals surface area contributed by atoms with Crippen molar-refractivity contribution in [2.45, 2.75) is 52.5 Å². The quantitative estimate of drug-likeness (QED) is 0.883. The van der Waals surface area contributed by atoms with Gasteiger partial charge in [0.25, 0.3) is 0 Å². The van der Waals surface area contributed by atoms with E-state index in [4.69, 9.17) is 0 Å². The van der Waals surface area contributed by atoms with Crippen LogP contribution in [-0.4, -0.2) is 16.0 Å². The van der Waals surface area contributed by atoms with Gasteiger partial charge in [0, 0.05) is 6.04 Å². The van der Waals surface area contributed by atoms with Crippen molar-refractivity contribution >= 4 is 27.4 Å². The Hall–Kier alpha value is -1.16. The van der Waals surface area contributed by atoms with E-state index in [-0.39, 0.29) is 0 Å². The van der Waals surface area contributed by atoms with Crippen LogP contribution in [-0.2, 0) is 0 Å².